The van der Waals surface area contributed by atoms with Crippen LogP contribution in [0.1, 0.15) is 48.7 Å². The molecule has 2 heterocycles. The van der Waals surface area contributed by atoms with E-state index in [0.717, 1.165) is 28.1 Å². The van der Waals surface area contributed by atoms with Crippen LogP contribution in [0.5, 0.6) is 0 Å². The minimum Gasteiger partial charge on any atom is -0.383 e. The largest absolute Gasteiger partial charge is 0.383 e. The average molecular weight is 230 g/mol. The van der Waals surface area contributed by atoms with Gasteiger partial charge in [-0.25, -0.2) is 9.97 Å². The van der Waals surface area contributed by atoms with Gasteiger partial charge in [-0.1, -0.05) is 12.8 Å². The summed E-state index contributed by atoms with van der Waals surface area (Å²) in [6, 6.07) is 0. The summed E-state index contributed by atoms with van der Waals surface area (Å²) >= 11 is 0. The van der Waals surface area contributed by atoms with Gasteiger partial charge in [0, 0.05) is 11.6 Å². The van der Waals surface area contributed by atoms with Crippen molar-refractivity contribution in [2.75, 3.05) is 5.73 Å². The number of nitrogen functional groups attached to an aromatic ring is 1. The number of aromatic nitrogens is 3. The van der Waals surface area contributed by atoms with Crippen molar-refractivity contribution in [3.8, 4) is 0 Å². The highest BCUT2D eigenvalue weighted by Gasteiger charge is 2.22. The quantitative estimate of drug-likeness (QED) is 0.791. The Morgan fingerprint density at radius 2 is 1.88 bits per heavy atom. The lowest BCUT2D eigenvalue weighted by Gasteiger charge is -2.08. The first kappa shape index (κ1) is 10.6. The third kappa shape index (κ3) is 1.59. The summed E-state index contributed by atoms with van der Waals surface area (Å²) in [5, 5.41) is 0.990. The zero-order valence-electron chi connectivity index (χ0n) is 10.4. The number of rotatable bonds is 1. The van der Waals surface area contributed by atoms with Crippen molar-refractivity contribution in [3.63, 3.8) is 0 Å². The minimum atomic E-state index is 0.505. The summed E-state index contributed by atoms with van der Waals surface area (Å²) in [7, 11) is 0. The standard InChI is InChI=1S/C13H18N4/c1-7-8(2)15-13-10(7)11(14)16-12(17-13)9-5-3-4-6-9/h9H,3-6H2,1-2H3,(H3,14,15,16,17). The summed E-state index contributed by atoms with van der Waals surface area (Å²) in [5.74, 6) is 2.05. The Bertz CT molecular complexity index is 564. The van der Waals surface area contributed by atoms with Crippen LogP contribution in [-0.4, -0.2) is 15.0 Å². The molecule has 0 unspecified atom stereocenters. The lowest BCUT2D eigenvalue weighted by molar-refractivity contribution is 0.673. The smallest absolute Gasteiger partial charge is 0.143 e. The second-order valence-electron chi connectivity index (χ2n) is 5.05. The third-order valence-electron chi connectivity index (χ3n) is 3.92. The maximum Gasteiger partial charge on any atom is 0.143 e. The first-order chi connectivity index (χ1) is 8.16. The Morgan fingerprint density at radius 3 is 2.59 bits per heavy atom. The molecule has 1 aliphatic rings. The Balaban J connectivity index is 2.16. The first-order valence-corrected chi connectivity index (χ1v) is 6.29. The number of hydrogen-bond acceptors (Lipinski definition) is 3. The van der Waals surface area contributed by atoms with Gasteiger partial charge in [-0.3, -0.25) is 0 Å². The molecule has 2 aromatic heterocycles. The molecule has 1 saturated carbocycles. The van der Waals surface area contributed by atoms with Crippen LogP contribution in [0.25, 0.3) is 11.0 Å². The molecule has 3 rings (SSSR count). The van der Waals surface area contributed by atoms with Crippen molar-refractivity contribution in [2.24, 2.45) is 0 Å². The van der Waals surface area contributed by atoms with Crippen molar-refractivity contribution < 1.29 is 0 Å². The summed E-state index contributed by atoms with van der Waals surface area (Å²) < 4.78 is 0. The van der Waals surface area contributed by atoms with Crippen molar-refractivity contribution in [1.82, 2.24) is 15.0 Å². The number of nitrogens with two attached hydrogens (primary N) is 1. The molecule has 0 aromatic carbocycles. The van der Waals surface area contributed by atoms with Crippen molar-refractivity contribution in [3.05, 3.63) is 17.1 Å². The minimum absolute atomic E-state index is 0.505. The summed E-state index contributed by atoms with van der Waals surface area (Å²) in [4.78, 5) is 12.5. The Kier molecular flexibility index (Phi) is 2.31. The maximum atomic E-state index is 6.07. The fourth-order valence-corrected chi connectivity index (χ4v) is 2.78. The summed E-state index contributed by atoms with van der Waals surface area (Å²) in [5.41, 5.74) is 9.26. The second kappa shape index (κ2) is 3.72. The van der Waals surface area contributed by atoms with Crippen molar-refractivity contribution in [1.29, 1.82) is 0 Å². The number of aromatic amines is 1. The Hall–Kier alpha value is -1.58. The highest BCUT2D eigenvalue weighted by atomic mass is 15.0. The van der Waals surface area contributed by atoms with E-state index in [0.29, 0.717) is 11.7 Å². The van der Waals surface area contributed by atoms with Crippen LogP contribution in [0.4, 0.5) is 5.82 Å². The van der Waals surface area contributed by atoms with Gasteiger partial charge in [0.2, 0.25) is 0 Å². The van der Waals surface area contributed by atoms with Crippen molar-refractivity contribution in [2.45, 2.75) is 45.4 Å². The van der Waals surface area contributed by atoms with Gasteiger partial charge in [-0.15, -0.1) is 0 Å². The normalized spacial score (nSPS) is 17.1. The highest BCUT2D eigenvalue weighted by Crippen LogP contribution is 2.34. The number of H-pyrrole nitrogens is 1. The van der Waals surface area contributed by atoms with E-state index in [2.05, 4.69) is 21.9 Å². The van der Waals surface area contributed by atoms with Gasteiger partial charge in [0.15, 0.2) is 0 Å². The number of fused-ring (bicyclic) bond motifs is 1. The molecule has 3 N–H and O–H groups in total. The molecule has 4 nitrogen and oxygen atoms in total. The fourth-order valence-electron chi connectivity index (χ4n) is 2.78. The molecule has 0 radical (unpaired) electrons. The van der Waals surface area contributed by atoms with Crippen LogP contribution in [-0.2, 0) is 0 Å². The van der Waals surface area contributed by atoms with E-state index in [9.17, 15) is 0 Å². The molecule has 2 aromatic rings. The molecular weight excluding hydrogens is 212 g/mol. The van der Waals surface area contributed by atoms with E-state index in [1.165, 1.54) is 25.7 Å². The van der Waals surface area contributed by atoms with E-state index in [1.807, 2.05) is 6.92 Å². The van der Waals surface area contributed by atoms with E-state index in [1.54, 1.807) is 0 Å². The van der Waals surface area contributed by atoms with Crippen LogP contribution in [0.3, 0.4) is 0 Å². The average Bonchev–Trinajstić information content (AvgIpc) is 2.88. The second-order valence-corrected chi connectivity index (χ2v) is 5.05. The number of hydrogen-bond donors (Lipinski definition) is 2. The number of aryl methyl sites for hydroxylation is 2. The van der Waals surface area contributed by atoms with Gasteiger partial charge in [-0.05, 0) is 32.3 Å². The van der Waals surface area contributed by atoms with Crippen LogP contribution in [0.15, 0.2) is 0 Å². The van der Waals surface area contributed by atoms with Gasteiger partial charge < -0.3 is 10.7 Å². The lowest BCUT2D eigenvalue weighted by atomic mass is 10.1. The van der Waals surface area contributed by atoms with E-state index in [-0.39, 0.29) is 0 Å². The van der Waals surface area contributed by atoms with Crippen molar-refractivity contribution >= 4 is 16.9 Å². The highest BCUT2D eigenvalue weighted by molar-refractivity contribution is 5.90. The van der Waals surface area contributed by atoms with Crippen LogP contribution in [0.2, 0.25) is 0 Å². The molecular formula is C13H18N4. The van der Waals surface area contributed by atoms with Gasteiger partial charge >= 0.3 is 0 Å². The Morgan fingerprint density at radius 1 is 1.18 bits per heavy atom. The topological polar surface area (TPSA) is 67.6 Å². The molecule has 0 spiro atoms. The van der Waals surface area contributed by atoms with Gasteiger partial charge in [-0.2, -0.15) is 0 Å². The van der Waals surface area contributed by atoms with Gasteiger partial charge in [0.05, 0.1) is 5.39 Å². The predicted octanol–water partition coefficient (Wildman–Crippen LogP) is 2.81. The first-order valence-electron chi connectivity index (χ1n) is 6.29. The molecule has 4 heteroatoms. The molecule has 0 bridgehead atoms. The van der Waals surface area contributed by atoms with Gasteiger partial charge in [0.1, 0.15) is 17.3 Å². The van der Waals surface area contributed by atoms with Gasteiger partial charge in [0.25, 0.3) is 0 Å². The SMILES string of the molecule is Cc1[nH]c2nc(C3CCCC3)nc(N)c2c1C. The fraction of sp³-hybridized carbons (Fsp3) is 0.538. The molecule has 0 amide bonds. The third-order valence-corrected chi connectivity index (χ3v) is 3.92. The molecule has 0 atom stereocenters. The number of anilines is 1. The van der Waals surface area contributed by atoms with E-state index >= 15 is 0 Å². The van der Waals surface area contributed by atoms with Crippen LogP contribution < -0.4 is 5.73 Å². The Labute approximate surface area is 101 Å². The molecule has 0 saturated heterocycles. The van der Waals surface area contributed by atoms with E-state index in [4.69, 9.17) is 5.73 Å². The molecule has 90 valence electrons. The maximum absolute atomic E-state index is 6.07. The number of nitrogens with zero attached hydrogens (tertiary/aromatic N) is 2. The monoisotopic (exact) mass is 230 g/mol. The zero-order valence-corrected chi connectivity index (χ0v) is 10.4. The molecule has 0 aliphatic heterocycles. The predicted molar refractivity (Wildman–Crippen MR) is 69.0 cm³/mol. The van der Waals surface area contributed by atoms with E-state index < -0.39 is 0 Å². The van der Waals surface area contributed by atoms with Crippen LogP contribution in [0, 0.1) is 13.8 Å². The summed E-state index contributed by atoms with van der Waals surface area (Å²) in [6.45, 7) is 4.11. The summed E-state index contributed by atoms with van der Waals surface area (Å²) in [6.07, 6.45) is 4.97. The van der Waals surface area contributed by atoms with Crippen LogP contribution >= 0.6 is 0 Å². The number of nitrogens with one attached hydrogen (secondary N) is 1. The molecule has 17 heavy (non-hydrogen) atoms. The lowest BCUT2D eigenvalue weighted by Crippen LogP contribution is -2.04. The molecule has 1 fully saturated rings. The molecule has 1 aliphatic carbocycles. The zero-order chi connectivity index (χ0) is 12.0.